The molecule has 8 heteroatoms. The molecule has 0 aliphatic carbocycles. The van der Waals surface area contributed by atoms with E-state index in [0.29, 0.717) is 21.5 Å². The highest BCUT2D eigenvalue weighted by Gasteiger charge is 2.32. The molecule has 0 fully saturated rings. The number of nitrogens with zero attached hydrogens (tertiary/aromatic N) is 2. The summed E-state index contributed by atoms with van der Waals surface area (Å²) in [5.74, 6) is -1.55. The van der Waals surface area contributed by atoms with Gasteiger partial charge in [0.2, 0.25) is 11.7 Å². The summed E-state index contributed by atoms with van der Waals surface area (Å²) in [6.45, 7) is 1.71. The molecule has 0 radical (unpaired) electrons. The van der Waals surface area contributed by atoms with Crippen LogP contribution in [0.15, 0.2) is 77.2 Å². The van der Waals surface area contributed by atoms with Crippen molar-refractivity contribution in [3.63, 3.8) is 0 Å². The molecule has 2 N–H and O–H groups in total. The van der Waals surface area contributed by atoms with Crippen LogP contribution in [0.5, 0.6) is 11.6 Å². The largest absolute Gasteiger partial charge is 0.503 e. The third-order valence-corrected chi connectivity index (χ3v) is 6.89. The molecule has 172 valence electrons. The molecule has 3 aromatic heterocycles. The first-order valence-electron chi connectivity index (χ1n) is 10.7. The molecule has 0 bridgehead atoms. The number of fused-ring (bicyclic) bond motifs is 2. The van der Waals surface area contributed by atoms with Gasteiger partial charge in [-0.2, -0.15) is 0 Å². The smallest absolute Gasteiger partial charge is 0.242 e. The predicted molar refractivity (Wildman–Crippen MR) is 132 cm³/mol. The molecule has 3 aromatic carbocycles. The average molecular weight is 485 g/mol. The van der Waals surface area contributed by atoms with E-state index in [-0.39, 0.29) is 22.1 Å². The Labute approximate surface area is 202 Å². The summed E-state index contributed by atoms with van der Waals surface area (Å²) in [6.07, 6.45) is 0. The molecule has 0 saturated carbocycles. The van der Waals surface area contributed by atoms with Crippen LogP contribution >= 0.6 is 11.3 Å². The fourth-order valence-electron chi connectivity index (χ4n) is 4.30. The summed E-state index contributed by atoms with van der Waals surface area (Å²) < 4.78 is 21.3. The quantitative estimate of drug-likeness (QED) is 0.276. The Hall–Kier alpha value is -4.43. The van der Waals surface area contributed by atoms with Crippen LogP contribution in [0.2, 0.25) is 0 Å². The predicted octanol–water partition coefficient (Wildman–Crippen LogP) is 6.59. The first kappa shape index (κ1) is 21.1. The summed E-state index contributed by atoms with van der Waals surface area (Å²) in [4.78, 5) is 18.1. The molecule has 6 aromatic rings. The first-order chi connectivity index (χ1) is 16.9. The van der Waals surface area contributed by atoms with E-state index >= 15 is 0 Å². The molecule has 35 heavy (non-hydrogen) atoms. The van der Waals surface area contributed by atoms with Crippen molar-refractivity contribution in [1.29, 1.82) is 0 Å². The van der Waals surface area contributed by atoms with Crippen LogP contribution < -0.4 is 0 Å². The van der Waals surface area contributed by atoms with E-state index in [2.05, 4.69) is 4.98 Å². The highest BCUT2D eigenvalue weighted by atomic mass is 32.1. The minimum absolute atomic E-state index is 0.0304. The van der Waals surface area contributed by atoms with Crippen molar-refractivity contribution in [3.8, 4) is 28.0 Å². The van der Waals surface area contributed by atoms with Crippen LogP contribution in [0.4, 0.5) is 4.39 Å². The van der Waals surface area contributed by atoms with Crippen molar-refractivity contribution in [3.05, 3.63) is 95.7 Å². The normalized spacial score (nSPS) is 11.5. The molecule has 0 amide bonds. The maximum absolute atomic E-state index is 13.8. The molecular formula is C27H17FN2O4S. The fourth-order valence-corrected chi connectivity index (χ4v) is 5.30. The second kappa shape index (κ2) is 7.82. The number of hydrogen-bond acceptors (Lipinski definition) is 6. The molecular weight excluding hydrogens is 467 g/mol. The number of ketones is 1. The molecule has 0 unspecified atom stereocenters. The highest BCUT2D eigenvalue weighted by molar-refractivity contribution is 7.20. The van der Waals surface area contributed by atoms with Crippen LogP contribution in [0.1, 0.15) is 21.9 Å². The molecule has 6 rings (SSSR count). The van der Waals surface area contributed by atoms with Gasteiger partial charge < -0.3 is 14.6 Å². The van der Waals surface area contributed by atoms with Crippen molar-refractivity contribution in [2.75, 3.05) is 0 Å². The molecule has 3 heterocycles. The van der Waals surface area contributed by atoms with Gasteiger partial charge in [-0.05, 0) is 48.0 Å². The lowest BCUT2D eigenvalue weighted by Crippen LogP contribution is -2.04. The van der Waals surface area contributed by atoms with E-state index in [1.165, 1.54) is 22.8 Å². The monoisotopic (exact) mass is 484 g/mol. The number of aryl methyl sites for hydroxylation is 1. The number of rotatable bonds is 4. The Morgan fingerprint density at radius 3 is 2.63 bits per heavy atom. The van der Waals surface area contributed by atoms with Gasteiger partial charge in [0.05, 0.1) is 21.5 Å². The number of carbonyl (C=O) groups excluding carboxylic acids is 1. The van der Waals surface area contributed by atoms with Crippen molar-refractivity contribution in [2.45, 2.75) is 6.92 Å². The molecule has 6 nitrogen and oxygen atoms in total. The Morgan fingerprint density at radius 1 is 1.03 bits per heavy atom. The van der Waals surface area contributed by atoms with Crippen molar-refractivity contribution >= 4 is 38.1 Å². The lowest BCUT2D eigenvalue weighted by Gasteiger charge is -2.12. The van der Waals surface area contributed by atoms with Gasteiger partial charge in [-0.1, -0.05) is 53.8 Å². The highest BCUT2D eigenvalue weighted by Crippen LogP contribution is 2.46. The van der Waals surface area contributed by atoms with Gasteiger partial charge in [-0.25, -0.2) is 9.37 Å². The number of carbonyl (C=O) groups is 1. The van der Waals surface area contributed by atoms with E-state index in [9.17, 15) is 19.4 Å². The number of aromatic nitrogens is 2. The summed E-state index contributed by atoms with van der Waals surface area (Å²) in [5, 5.41) is 24.1. The van der Waals surface area contributed by atoms with Gasteiger partial charge in [-0.15, -0.1) is 0 Å². The van der Waals surface area contributed by atoms with E-state index < -0.39 is 23.2 Å². The Morgan fingerprint density at radius 2 is 1.83 bits per heavy atom. The van der Waals surface area contributed by atoms with Gasteiger partial charge in [0.1, 0.15) is 11.6 Å². The summed E-state index contributed by atoms with van der Waals surface area (Å²) in [6, 6.07) is 20.6. The van der Waals surface area contributed by atoms with Gasteiger partial charge in [0, 0.05) is 5.56 Å². The molecule has 0 aliphatic heterocycles. The van der Waals surface area contributed by atoms with E-state index in [1.807, 2.05) is 42.5 Å². The number of thiazole rings is 1. The zero-order valence-corrected chi connectivity index (χ0v) is 19.1. The van der Waals surface area contributed by atoms with Crippen molar-refractivity contribution in [1.82, 2.24) is 9.55 Å². The standard InChI is InChI=1S/C27H17FN2O4S/c1-14-9-12-20(34-14)24(31)22-23(18-8-4-6-15-5-2-3-7-17(15)18)30(26(33)25(22)32)27-29-19-11-10-16(28)13-21(19)35-27/h2-13,32-33H,1H3. The second-order valence-electron chi connectivity index (χ2n) is 8.11. The summed E-state index contributed by atoms with van der Waals surface area (Å²) in [7, 11) is 0. The zero-order chi connectivity index (χ0) is 24.3. The van der Waals surface area contributed by atoms with Gasteiger partial charge in [0.25, 0.3) is 0 Å². The molecule has 0 atom stereocenters. The second-order valence-corrected chi connectivity index (χ2v) is 9.11. The molecule has 0 aliphatic rings. The Kier molecular flexibility index (Phi) is 4.72. The Bertz CT molecular complexity index is 1770. The van der Waals surface area contributed by atoms with Crippen LogP contribution in [0.25, 0.3) is 37.4 Å². The van der Waals surface area contributed by atoms with Crippen molar-refractivity contribution < 1.29 is 23.8 Å². The van der Waals surface area contributed by atoms with E-state index in [0.717, 1.165) is 22.1 Å². The maximum Gasteiger partial charge on any atom is 0.242 e. The van der Waals surface area contributed by atoms with Gasteiger partial charge >= 0.3 is 0 Å². The number of hydrogen-bond donors (Lipinski definition) is 2. The number of furan rings is 1. The third kappa shape index (κ3) is 3.30. The van der Waals surface area contributed by atoms with Crippen LogP contribution in [0.3, 0.4) is 0 Å². The zero-order valence-electron chi connectivity index (χ0n) is 18.3. The lowest BCUT2D eigenvalue weighted by molar-refractivity contribution is 0.101. The first-order valence-corrected chi connectivity index (χ1v) is 11.6. The topological polar surface area (TPSA) is 88.5 Å². The van der Waals surface area contributed by atoms with Crippen LogP contribution in [0, 0.1) is 12.7 Å². The molecule has 0 saturated heterocycles. The lowest BCUT2D eigenvalue weighted by atomic mass is 9.97. The fraction of sp³-hybridized carbons (Fsp3) is 0.0370. The number of aromatic hydroxyl groups is 2. The van der Waals surface area contributed by atoms with Crippen molar-refractivity contribution in [2.24, 2.45) is 0 Å². The van der Waals surface area contributed by atoms with E-state index in [4.69, 9.17) is 4.42 Å². The van der Waals surface area contributed by atoms with Crippen LogP contribution in [-0.2, 0) is 0 Å². The SMILES string of the molecule is Cc1ccc(C(=O)c2c(O)c(O)n(-c3nc4ccc(F)cc4s3)c2-c2cccc3ccccc23)o1. The molecule has 0 spiro atoms. The minimum atomic E-state index is -0.586. The average Bonchev–Trinajstić information content (AvgIpc) is 3.54. The summed E-state index contributed by atoms with van der Waals surface area (Å²) >= 11 is 1.13. The maximum atomic E-state index is 13.8. The number of benzene rings is 3. The van der Waals surface area contributed by atoms with Gasteiger partial charge in [0.15, 0.2) is 16.6 Å². The minimum Gasteiger partial charge on any atom is -0.503 e. The van der Waals surface area contributed by atoms with Crippen LogP contribution in [-0.4, -0.2) is 25.5 Å². The Balaban J connectivity index is 1.71. The van der Waals surface area contributed by atoms with Gasteiger partial charge in [-0.3, -0.25) is 9.36 Å². The number of halogens is 1. The summed E-state index contributed by atoms with van der Waals surface area (Å²) in [5.41, 5.74) is 1.28. The van der Waals surface area contributed by atoms with E-state index in [1.54, 1.807) is 19.1 Å². The third-order valence-electron chi connectivity index (χ3n) is 5.89.